The van der Waals surface area contributed by atoms with Crippen molar-refractivity contribution in [2.45, 2.75) is 26.9 Å². The Balaban J connectivity index is 1.52. The van der Waals surface area contributed by atoms with E-state index >= 15 is 0 Å². The van der Waals surface area contributed by atoms with Gasteiger partial charge in [0, 0.05) is 35.4 Å². The van der Waals surface area contributed by atoms with Crippen LogP contribution in [0, 0.1) is 6.92 Å². The van der Waals surface area contributed by atoms with Crippen LogP contribution in [0.25, 0.3) is 10.9 Å². The molecular formula is C25H24N4O2. The Hall–Kier alpha value is -3.93. The van der Waals surface area contributed by atoms with Gasteiger partial charge in [-0.1, -0.05) is 48.0 Å². The lowest BCUT2D eigenvalue weighted by Gasteiger charge is -2.08. The Morgan fingerprint density at radius 1 is 1.03 bits per heavy atom. The van der Waals surface area contributed by atoms with E-state index in [0.29, 0.717) is 6.54 Å². The van der Waals surface area contributed by atoms with Crippen LogP contribution in [-0.4, -0.2) is 21.3 Å². The molecule has 2 aromatic carbocycles. The summed E-state index contributed by atoms with van der Waals surface area (Å²) in [7, 11) is 0. The number of amides is 1. The Morgan fingerprint density at radius 3 is 2.58 bits per heavy atom. The highest BCUT2D eigenvalue weighted by Crippen LogP contribution is 2.19. The predicted molar refractivity (Wildman–Crippen MR) is 124 cm³/mol. The zero-order valence-electron chi connectivity index (χ0n) is 17.6. The van der Waals surface area contributed by atoms with Gasteiger partial charge in [-0.15, -0.1) is 0 Å². The van der Waals surface area contributed by atoms with Gasteiger partial charge in [0.2, 0.25) is 0 Å². The zero-order valence-corrected chi connectivity index (χ0v) is 17.6. The molecule has 0 bridgehead atoms. The number of hydrazone groups is 1. The maximum absolute atomic E-state index is 12.8. The van der Waals surface area contributed by atoms with E-state index < -0.39 is 5.91 Å². The molecule has 0 aliphatic heterocycles. The molecule has 0 atom stereocenters. The largest absolute Gasteiger partial charge is 0.347 e. The van der Waals surface area contributed by atoms with Crippen molar-refractivity contribution in [2.75, 3.05) is 0 Å². The van der Waals surface area contributed by atoms with E-state index in [1.165, 1.54) is 10.6 Å². The number of benzene rings is 2. The van der Waals surface area contributed by atoms with Crippen molar-refractivity contribution in [3.8, 4) is 0 Å². The van der Waals surface area contributed by atoms with Crippen LogP contribution in [0.15, 0.2) is 83.0 Å². The molecule has 0 saturated heterocycles. The lowest BCUT2D eigenvalue weighted by atomic mass is 10.1. The van der Waals surface area contributed by atoms with Gasteiger partial charge in [-0.3, -0.25) is 9.59 Å². The highest BCUT2D eigenvalue weighted by molar-refractivity contribution is 6.00. The lowest BCUT2D eigenvalue weighted by molar-refractivity contribution is 0.0953. The first-order valence-electron chi connectivity index (χ1n) is 10.2. The molecule has 6 heteroatoms. The Bertz CT molecular complexity index is 1310. The van der Waals surface area contributed by atoms with E-state index in [4.69, 9.17) is 0 Å². The number of hydrogen-bond acceptors (Lipinski definition) is 3. The molecule has 1 amide bonds. The van der Waals surface area contributed by atoms with Gasteiger partial charge in [0.05, 0.1) is 12.8 Å². The lowest BCUT2D eigenvalue weighted by Crippen LogP contribution is -2.30. The third-order valence-corrected chi connectivity index (χ3v) is 5.27. The fourth-order valence-electron chi connectivity index (χ4n) is 3.58. The van der Waals surface area contributed by atoms with Crippen LogP contribution in [-0.2, 0) is 13.1 Å². The standard InChI is InChI=1S/C25H24N4O2/c1-3-28-17-20(21-7-4-5-9-23(21)28)15-26-27-24(30)22-8-6-14-29(25(22)31)16-19-12-10-18(2)11-13-19/h4-15,17H,3,16H2,1-2H3,(H,27,30)/b26-15-. The molecule has 0 radical (unpaired) electrons. The SMILES string of the molecule is CCn1cc(/C=N\NC(=O)c2cccn(Cc3ccc(C)cc3)c2=O)c2ccccc21. The average molecular weight is 412 g/mol. The second kappa shape index (κ2) is 8.83. The number of aryl methyl sites for hydroxylation is 2. The first-order valence-corrected chi connectivity index (χ1v) is 10.2. The van der Waals surface area contributed by atoms with Crippen molar-refractivity contribution < 1.29 is 4.79 Å². The third-order valence-electron chi connectivity index (χ3n) is 5.27. The minimum absolute atomic E-state index is 0.0581. The van der Waals surface area contributed by atoms with Crippen LogP contribution in [0.2, 0.25) is 0 Å². The molecule has 1 N–H and O–H groups in total. The minimum atomic E-state index is -0.529. The van der Waals surface area contributed by atoms with Crippen LogP contribution in [0.4, 0.5) is 0 Å². The molecule has 2 heterocycles. The summed E-state index contributed by atoms with van der Waals surface area (Å²) < 4.78 is 3.65. The Labute approximate surface area is 180 Å². The second-order valence-corrected chi connectivity index (χ2v) is 7.43. The number of aromatic nitrogens is 2. The smallest absolute Gasteiger partial charge is 0.276 e. The number of para-hydroxylation sites is 1. The average Bonchev–Trinajstić information content (AvgIpc) is 3.14. The van der Waals surface area contributed by atoms with Gasteiger partial charge in [0.15, 0.2) is 0 Å². The molecule has 0 saturated carbocycles. The number of fused-ring (bicyclic) bond motifs is 1. The topological polar surface area (TPSA) is 68.4 Å². The van der Waals surface area contributed by atoms with Crippen molar-refractivity contribution in [1.82, 2.24) is 14.6 Å². The van der Waals surface area contributed by atoms with E-state index in [-0.39, 0.29) is 11.1 Å². The molecule has 2 aromatic heterocycles. The summed E-state index contributed by atoms with van der Waals surface area (Å²) in [4.78, 5) is 25.4. The molecule has 4 rings (SSSR count). The molecule has 0 fully saturated rings. The molecule has 31 heavy (non-hydrogen) atoms. The van der Waals surface area contributed by atoms with Crippen molar-refractivity contribution in [2.24, 2.45) is 5.10 Å². The summed E-state index contributed by atoms with van der Waals surface area (Å²) >= 11 is 0. The fourth-order valence-corrected chi connectivity index (χ4v) is 3.58. The maximum atomic E-state index is 12.8. The van der Waals surface area contributed by atoms with Gasteiger partial charge >= 0.3 is 0 Å². The minimum Gasteiger partial charge on any atom is -0.347 e. The first kappa shape index (κ1) is 20.3. The van der Waals surface area contributed by atoms with Gasteiger partial charge in [-0.2, -0.15) is 5.10 Å². The van der Waals surface area contributed by atoms with E-state index in [2.05, 4.69) is 28.1 Å². The molecule has 6 nitrogen and oxygen atoms in total. The maximum Gasteiger partial charge on any atom is 0.276 e. The highest BCUT2D eigenvalue weighted by atomic mass is 16.2. The molecule has 0 aliphatic rings. The molecule has 4 aromatic rings. The number of nitrogens with one attached hydrogen (secondary N) is 1. The van der Waals surface area contributed by atoms with Gasteiger partial charge in [0.1, 0.15) is 5.56 Å². The van der Waals surface area contributed by atoms with Crippen molar-refractivity contribution in [3.05, 3.63) is 106 Å². The summed E-state index contributed by atoms with van der Waals surface area (Å²) in [5.74, 6) is -0.529. The van der Waals surface area contributed by atoms with Gasteiger partial charge in [-0.05, 0) is 37.6 Å². The Kier molecular flexibility index (Phi) is 5.80. The summed E-state index contributed by atoms with van der Waals surface area (Å²) in [6, 6.07) is 19.2. The van der Waals surface area contributed by atoms with Gasteiger partial charge in [0.25, 0.3) is 11.5 Å². The number of rotatable bonds is 6. The van der Waals surface area contributed by atoms with Crippen molar-refractivity contribution >= 4 is 23.0 Å². The molecular weight excluding hydrogens is 388 g/mol. The fraction of sp³-hybridized carbons (Fsp3) is 0.160. The van der Waals surface area contributed by atoms with Gasteiger partial charge < -0.3 is 9.13 Å². The predicted octanol–water partition coefficient (Wildman–Crippen LogP) is 3.94. The normalized spacial score (nSPS) is 11.3. The molecule has 0 unspecified atom stereocenters. The second-order valence-electron chi connectivity index (χ2n) is 7.43. The van der Waals surface area contributed by atoms with E-state index in [1.807, 2.05) is 55.6 Å². The summed E-state index contributed by atoms with van der Waals surface area (Å²) in [5.41, 5.74) is 6.36. The number of nitrogens with zero attached hydrogens (tertiary/aromatic N) is 3. The number of carbonyl (C=O) groups is 1. The third kappa shape index (κ3) is 4.33. The van der Waals surface area contributed by atoms with Crippen LogP contribution < -0.4 is 11.0 Å². The van der Waals surface area contributed by atoms with Crippen molar-refractivity contribution in [3.63, 3.8) is 0 Å². The number of pyridine rings is 1. The molecule has 0 aliphatic carbocycles. The van der Waals surface area contributed by atoms with E-state index in [1.54, 1.807) is 18.5 Å². The van der Waals surface area contributed by atoms with Crippen molar-refractivity contribution in [1.29, 1.82) is 0 Å². The summed E-state index contributed by atoms with van der Waals surface area (Å²) in [6.07, 6.45) is 5.29. The number of carbonyl (C=O) groups excluding carboxylic acids is 1. The molecule has 0 spiro atoms. The van der Waals surface area contributed by atoms with E-state index in [9.17, 15) is 9.59 Å². The summed E-state index contributed by atoms with van der Waals surface area (Å²) in [6.45, 7) is 5.33. The summed E-state index contributed by atoms with van der Waals surface area (Å²) in [5, 5.41) is 5.15. The van der Waals surface area contributed by atoms with Crippen LogP contribution in [0.5, 0.6) is 0 Å². The van der Waals surface area contributed by atoms with Crippen LogP contribution in [0.3, 0.4) is 0 Å². The molecule has 156 valence electrons. The monoisotopic (exact) mass is 412 g/mol. The number of hydrogen-bond donors (Lipinski definition) is 1. The van der Waals surface area contributed by atoms with E-state index in [0.717, 1.165) is 34.1 Å². The highest BCUT2D eigenvalue weighted by Gasteiger charge is 2.12. The van der Waals surface area contributed by atoms with Crippen LogP contribution in [0.1, 0.15) is 34.0 Å². The van der Waals surface area contributed by atoms with Crippen LogP contribution >= 0.6 is 0 Å². The first-order chi connectivity index (χ1) is 15.1. The zero-order chi connectivity index (χ0) is 21.8. The van der Waals surface area contributed by atoms with Gasteiger partial charge in [-0.25, -0.2) is 5.43 Å². The Morgan fingerprint density at radius 2 is 1.81 bits per heavy atom. The quantitative estimate of drug-likeness (QED) is 0.385.